The number of nitrogens with zero attached hydrogens (tertiary/aromatic N) is 2. The Kier molecular flexibility index (Phi) is 10.4. The van der Waals surface area contributed by atoms with E-state index in [2.05, 4.69) is 51.4 Å². The molecule has 1 aliphatic rings. The molecule has 2 rings (SSSR count). The molecule has 1 aromatic heterocycles. The average Bonchev–Trinajstić information content (AvgIpc) is 2.80. The zero-order valence-corrected chi connectivity index (χ0v) is 20.3. The summed E-state index contributed by atoms with van der Waals surface area (Å²) < 4.78 is 0. The number of carbonyl (C=O) groups excluding carboxylic acids is 1. The number of aromatic nitrogens is 1. The van der Waals surface area contributed by atoms with E-state index in [1.165, 1.54) is 16.2 Å². The highest BCUT2D eigenvalue weighted by Gasteiger charge is 2.19. The third-order valence-corrected chi connectivity index (χ3v) is 5.31. The number of hydrogen-bond donors (Lipinski definition) is 0. The molecule has 0 unspecified atom stereocenters. The van der Waals surface area contributed by atoms with Crippen LogP contribution in [0.1, 0.15) is 69.9 Å². The van der Waals surface area contributed by atoms with E-state index in [0.29, 0.717) is 37.1 Å². The van der Waals surface area contributed by atoms with Crippen LogP contribution in [-0.4, -0.2) is 29.1 Å². The Morgan fingerprint density at radius 1 is 1.28 bits per heavy atom. The summed E-state index contributed by atoms with van der Waals surface area (Å²) in [7, 11) is 0. The van der Waals surface area contributed by atoms with Crippen LogP contribution in [0.15, 0.2) is 72.5 Å². The number of hydroxylamine groups is 2. The van der Waals surface area contributed by atoms with Gasteiger partial charge in [0.15, 0.2) is 0 Å². The predicted octanol–water partition coefficient (Wildman–Crippen LogP) is 6.95. The average molecular weight is 435 g/mol. The van der Waals surface area contributed by atoms with Crippen LogP contribution in [-0.2, 0) is 4.84 Å². The van der Waals surface area contributed by atoms with Crippen molar-refractivity contribution in [2.75, 3.05) is 13.2 Å². The lowest BCUT2D eigenvalue weighted by atomic mass is 9.90. The summed E-state index contributed by atoms with van der Waals surface area (Å²) in [6.45, 7) is 15.3. The summed E-state index contributed by atoms with van der Waals surface area (Å²) in [5.41, 5.74) is 5.16. The van der Waals surface area contributed by atoms with Crippen molar-refractivity contribution in [2.45, 2.75) is 53.9 Å². The van der Waals surface area contributed by atoms with Crippen LogP contribution in [0.5, 0.6) is 0 Å². The van der Waals surface area contributed by atoms with E-state index in [4.69, 9.17) is 4.84 Å². The quantitative estimate of drug-likeness (QED) is 0.279. The molecule has 172 valence electrons. The lowest BCUT2D eigenvalue weighted by Gasteiger charge is -2.23. The summed E-state index contributed by atoms with van der Waals surface area (Å²) in [4.78, 5) is 23.5. The van der Waals surface area contributed by atoms with Crippen LogP contribution < -0.4 is 0 Å². The number of amides is 1. The van der Waals surface area contributed by atoms with Gasteiger partial charge < -0.3 is 0 Å². The van der Waals surface area contributed by atoms with Gasteiger partial charge in [0.2, 0.25) is 0 Å². The standard InChI is InChI=1S/C28H38N2O2/c1-7-9-11-23(8-2)16-17-30(32-20-21(3)4)28(31)27-15-14-26(19-29-27)25-13-10-12-24(18-25)22(5)6/h7-9,11-12,14-15,18-19,21-22H,2,10,13,16-17,20H2,1,3-6H3/b9-7-,23-11+. The van der Waals surface area contributed by atoms with Gasteiger partial charge in [0.05, 0.1) is 13.2 Å². The fourth-order valence-corrected chi connectivity index (χ4v) is 3.36. The maximum absolute atomic E-state index is 13.2. The summed E-state index contributed by atoms with van der Waals surface area (Å²) in [6.07, 6.45) is 16.8. The molecule has 0 aromatic carbocycles. The van der Waals surface area contributed by atoms with Gasteiger partial charge in [-0.3, -0.25) is 14.6 Å². The third kappa shape index (κ3) is 7.76. The lowest BCUT2D eigenvalue weighted by molar-refractivity contribution is -0.131. The van der Waals surface area contributed by atoms with Crippen molar-refractivity contribution < 1.29 is 9.63 Å². The van der Waals surface area contributed by atoms with Crippen molar-refractivity contribution in [2.24, 2.45) is 11.8 Å². The molecule has 4 nitrogen and oxygen atoms in total. The van der Waals surface area contributed by atoms with E-state index in [1.54, 1.807) is 0 Å². The van der Waals surface area contributed by atoms with Crippen LogP contribution in [0.3, 0.4) is 0 Å². The van der Waals surface area contributed by atoms with E-state index >= 15 is 0 Å². The van der Waals surface area contributed by atoms with Crippen LogP contribution in [0.4, 0.5) is 0 Å². The van der Waals surface area contributed by atoms with Gasteiger partial charge in [-0.2, -0.15) is 0 Å². The Bertz CT molecular complexity index is 887. The van der Waals surface area contributed by atoms with Crippen LogP contribution in [0.2, 0.25) is 0 Å². The first-order valence-electron chi connectivity index (χ1n) is 11.6. The summed E-state index contributed by atoms with van der Waals surface area (Å²) >= 11 is 0. The molecule has 0 bridgehead atoms. The fraction of sp³-hybridized carbons (Fsp3) is 0.429. The Labute approximate surface area is 194 Å². The molecule has 0 N–H and O–H groups in total. The number of pyridine rings is 1. The SMILES string of the molecule is C=C/C(=C\C=C/C)CCN(OCC(C)C)C(=O)c1ccc(C2=CC(C(C)C)=CCC2)cn1. The lowest BCUT2D eigenvalue weighted by Crippen LogP contribution is -2.34. The monoisotopic (exact) mass is 434 g/mol. The molecule has 0 radical (unpaired) electrons. The van der Waals surface area contributed by atoms with Crippen LogP contribution in [0, 0.1) is 11.8 Å². The molecule has 32 heavy (non-hydrogen) atoms. The van der Waals surface area contributed by atoms with Gasteiger partial charge in [-0.05, 0) is 66.4 Å². The maximum Gasteiger partial charge on any atom is 0.295 e. The third-order valence-electron chi connectivity index (χ3n) is 5.31. The highest BCUT2D eigenvalue weighted by molar-refractivity contribution is 5.91. The first-order chi connectivity index (χ1) is 15.3. The molecule has 1 heterocycles. The zero-order chi connectivity index (χ0) is 23.5. The predicted molar refractivity (Wildman–Crippen MR) is 134 cm³/mol. The van der Waals surface area contributed by atoms with Crippen molar-refractivity contribution in [3.05, 3.63) is 83.8 Å². The molecular formula is C28H38N2O2. The van der Waals surface area contributed by atoms with E-state index < -0.39 is 0 Å². The van der Waals surface area contributed by atoms with Crippen molar-refractivity contribution >= 4 is 11.5 Å². The molecule has 1 aromatic rings. The van der Waals surface area contributed by atoms with Gasteiger partial charge in [-0.25, -0.2) is 5.06 Å². The fourth-order valence-electron chi connectivity index (χ4n) is 3.36. The van der Waals surface area contributed by atoms with E-state index in [9.17, 15) is 4.79 Å². The molecule has 0 aliphatic heterocycles. The first-order valence-corrected chi connectivity index (χ1v) is 11.6. The van der Waals surface area contributed by atoms with Gasteiger partial charge in [0, 0.05) is 6.20 Å². The normalized spacial score (nSPS) is 14.7. The Hall–Kier alpha value is -2.72. The van der Waals surface area contributed by atoms with Crippen LogP contribution >= 0.6 is 0 Å². The van der Waals surface area contributed by atoms with Crippen molar-refractivity contribution in [3.8, 4) is 0 Å². The summed E-state index contributed by atoms with van der Waals surface area (Å²) in [5.74, 6) is 0.611. The molecule has 0 atom stereocenters. The van der Waals surface area contributed by atoms with Gasteiger partial charge >= 0.3 is 0 Å². The minimum absolute atomic E-state index is 0.216. The molecular weight excluding hydrogens is 396 g/mol. The number of rotatable bonds is 11. The van der Waals surface area contributed by atoms with Gasteiger partial charge in [0.1, 0.15) is 5.69 Å². The first kappa shape index (κ1) is 25.5. The van der Waals surface area contributed by atoms with E-state index in [-0.39, 0.29) is 5.91 Å². The van der Waals surface area contributed by atoms with Gasteiger partial charge in [-0.1, -0.05) is 76.8 Å². The van der Waals surface area contributed by atoms with Crippen molar-refractivity contribution in [1.82, 2.24) is 10.0 Å². The highest BCUT2D eigenvalue weighted by Crippen LogP contribution is 2.29. The Morgan fingerprint density at radius 3 is 2.66 bits per heavy atom. The Balaban J connectivity index is 2.16. The van der Waals surface area contributed by atoms with Crippen molar-refractivity contribution in [1.29, 1.82) is 0 Å². The molecule has 0 fully saturated rings. The number of allylic oxidation sites excluding steroid dienone is 8. The van der Waals surface area contributed by atoms with Gasteiger partial charge in [-0.15, -0.1) is 0 Å². The summed E-state index contributed by atoms with van der Waals surface area (Å²) in [5, 5.41) is 1.44. The minimum atomic E-state index is -0.216. The molecule has 0 saturated carbocycles. The number of carbonyl (C=O) groups is 1. The molecule has 4 heteroatoms. The topological polar surface area (TPSA) is 42.4 Å². The minimum Gasteiger partial charge on any atom is -0.270 e. The summed E-state index contributed by atoms with van der Waals surface area (Å²) in [6, 6.07) is 3.80. The molecule has 1 aliphatic carbocycles. The largest absolute Gasteiger partial charge is 0.295 e. The second-order valence-corrected chi connectivity index (χ2v) is 8.82. The molecule has 0 spiro atoms. The zero-order valence-electron chi connectivity index (χ0n) is 20.3. The second kappa shape index (κ2) is 13.0. The Morgan fingerprint density at radius 2 is 2.06 bits per heavy atom. The smallest absolute Gasteiger partial charge is 0.270 e. The van der Waals surface area contributed by atoms with Crippen LogP contribution in [0.25, 0.3) is 5.57 Å². The maximum atomic E-state index is 13.2. The number of hydrogen-bond acceptors (Lipinski definition) is 3. The molecule has 0 saturated heterocycles. The highest BCUT2D eigenvalue weighted by atomic mass is 16.7. The van der Waals surface area contributed by atoms with Crippen molar-refractivity contribution in [3.63, 3.8) is 0 Å². The van der Waals surface area contributed by atoms with E-state index in [1.807, 2.05) is 49.6 Å². The van der Waals surface area contributed by atoms with E-state index in [0.717, 1.165) is 24.0 Å². The second-order valence-electron chi connectivity index (χ2n) is 8.82. The van der Waals surface area contributed by atoms with Gasteiger partial charge in [0.25, 0.3) is 5.91 Å². The molecule has 1 amide bonds.